The van der Waals surface area contributed by atoms with Gasteiger partial charge in [0.2, 0.25) is 5.91 Å². The normalized spacial score (nSPS) is 11.1. The quantitative estimate of drug-likeness (QED) is 0.556. The molecular weight excluding hydrogens is 364 g/mol. The summed E-state index contributed by atoms with van der Waals surface area (Å²) in [6.45, 7) is 0.173. The molecule has 0 unspecified atom stereocenters. The average molecular weight is 380 g/mol. The minimum absolute atomic E-state index is 0.173. The molecule has 0 spiro atoms. The number of aromatic nitrogens is 3. The fourth-order valence-electron chi connectivity index (χ4n) is 2.91. The van der Waals surface area contributed by atoms with Crippen LogP contribution in [0.4, 0.5) is 5.13 Å². The van der Waals surface area contributed by atoms with Crippen molar-refractivity contribution in [3.05, 3.63) is 69.4 Å². The van der Waals surface area contributed by atoms with E-state index < -0.39 is 5.69 Å². The second-order valence-electron chi connectivity index (χ2n) is 6.07. The van der Waals surface area contributed by atoms with E-state index in [1.165, 1.54) is 11.3 Å². The minimum atomic E-state index is -0.467. The van der Waals surface area contributed by atoms with Crippen molar-refractivity contribution in [1.82, 2.24) is 14.5 Å². The topological polar surface area (TPSA) is 96.9 Å². The lowest BCUT2D eigenvalue weighted by molar-refractivity contribution is -0.116. The molecule has 2 aromatic heterocycles. The SMILES string of the molecule is O=C(CCCn1c(=O)[nH]c2ccccc2c1=O)Nc1nc2ccccc2s1. The van der Waals surface area contributed by atoms with Crippen molar-refractivity contribution >= 4 is 43.5 Å². The number of aromatic amines is 1. The van der Waals surface area contributed by atoms with E-state index >= 15 is 0 Å². The lowest BCUT2D eigenvalue weighted by Crippen LogP contribution is -2.35. The Bertz CT molecular complexity index is 1220. The summed E-state index contributed by atoms with van der Waals surface area (Å²) in [5.41, 5.74) is 0.538. The lowest BCUT2D eigenvalue weighted by atomic mass is 10.2. The van der Waals surface area contributed by atoms with Crippen LogP contribution in [0.3, 0.4) is 0 Å². The highest BCUT2D eigenvalue weighted by atomic mass is 32.1. The number of nitrogens with zero attached hydrogens (tertiary/aromatic N) is 2. The number of benzene rings is 2. The van der Waals surface area contributed by atoms with E-state index in [2.05, 4.69) is 15.3 Å². The van der Waals surface area contributed by atoms with E-state index in [1.54, 1.807) is 24.3 Å². The number of anilines is 1. The van der Waals surface area contributed by atoms with Gasteiger partial charge in [-0.3, -0.25) is 14.2 Å². The van der Waals surface area contributed by atoms with Gasteiger partial charge in [-0.1, -0.05) is 35.6 Å². The van der Waals surface area contributed by atoms with Crippen molar-refractivity contribution in [2.75, 3.05) is 5.32 Å². The maximum Gasteiger partial charge on any atom is 0.328 e. The summed E-state index contributed by atoms with van der Waals surface area (Å²) < 4.78 is 2.13. The van der Waals surface area contributed by atoms with Crippen molar-refractivity contribution in [1.29, 1.82) is 0 Å². The Kier molecular flexibility index (Phi) is 4.55. The number of hydrogen-bond acceptors (Lipinski definition) is 5. The van der Waals surface area contributed by atoms with Gasteiger partial charge < -0.3 is 10.3 Å². The number of H-pyrrole nitrogens is 1. The Labute approximate surface area is 157 Å². The molecule has 136 valence electrons. The number of amides is 1. The summed E-state index contributed by atoms with van der Waals surface area (Å²) in [6.07, 6.45) is 0.562. The Balaban J connectivity index is 1.42. The molecule has 0 radical (unpaired) electrons. The predicted octanol–water partition coefficient (Wildman–Crippen LogP) is 2.72. The van der Waals surface area contributed by atoms with E-state index in [4.69, 9.17) is 0 Å². The molecule has 1 amide bonds. The fourth-order valence-corrected chi connectivity index (χ4v) is 3.79. The molecule has 2 N–H and O–H groups in total. The van der Waals surface area contributed by atoms with Crippen molar-refractivity contribution in [3.8, 4) is 0 Å². The molecular formula is C19H16N4O3S. The van der Waals surface area contributed by atoms with E-state index in [0.29, 0.717) is 22.5 Å². The highest BCUT2D eigenvalue weighted by Gasteiger charge is 2.10. The first-order valence-electron chi connectivity index (χ1n) is 8.49. The number of para-hydroxylation sites is 2. The van der Waals surface area contributed by atoms with Crippen molar-refractivity contribution in [3.63, 3.8) is 0 Å². The van der Waals surface area contributed by atoms with Gasteiger partial charge in [-0.15, -0.1) is 0 Å². The Morgan fingerprint density at radius 2 is 1.89 bits per heavy atom. The van der Waals surface area contributed by atoms with Gasteiger partial charge in [-0.25, -0.2) is 9.78 Å². The molecule has 2 heterocycles. The molecule has 4 rings (SSSR count). The summed E-state index contributed by atoms with van der Waals surface area (Å²) >= 11 is 1.41. The number of rotatable bonds is 5. The fraction of sp³-hybridized carbons (Fsp3) is 0.158. The third-order valence-corrected chi connectivity index (χ3v) is 5.17. The first-order chi connectivity index (χ1) is 13.1. The van der Waals surface area contributed by atoms with Gasteiger partial charge >= 0.3 is 5.69 Å². The minimum Gasteiger partial charge on any atom is -0.307 e. The highest BCUT2D eigenvalue weighted by molar-refractivity contribution is 7.22. The first-order valence-corrected chi connectivity index (χ1v) is 9.31. The summed E-state index contributed by atoms with van der Waals surface area (Å²) in [7, 11) is 0. The van der Waals surface area contributed by atoms with Gasteiger partial charge in [0, 0.05) is 13.0 Å². The van der Waals surface area contributed by atoms with Gasteiger partial charge in [0.05, 0.1) is 21.1 Å². The molecule has 0 aliphatic carbocycles. The third-order valence-electron chi connectivity index (χ3n) is 4.22. The van der Waals surface area contributed by atoms with Gasteiger partial charge in [-0.2, -0.15) is 0 Å². The molecule has 4 aromatic rings. The van der Waals surface area contributed by atoms with Crippen LogP contribution in [-0.2, 0) is 11.3 Å². The summed E-state index contributed by atoms with van der Waals surface area (Å²) in [5.74, 6) is -0.195. The molecule has 2 aromatic carbocycles. The van der Waals surface area contributed by atoms with Crippen LogP contribution in [0.1, 0.15) is 12.8 Å². The van der Waals surface area contributed by atoms with E-state index in [-0.39, 0.29) is 24.4 Å². The number of nitrogens with one attached hydrogen (secondary N) is 2. The van der Waals surface area contributed by atoms with E-state index in [1.807, 2.05) is 24.3 Å². The molecule has 0 fully saturated rings. The van der Waals surface area contributed by atoms with Crippen molar-refractivity contribution in [2.24, 2.45) is 0 Å². The molecule has 8 heteroatoms. The molecule has 7 nitrogen and oxygen atoms in total. The summed E-state index contributed by atoms with van der Waals surface area (Å²) in [4.78, 5) is 43.8. The molecule has 0 saturated heterocycles. The smallest absolute Gasteiger partial charge is 0.307 e. The largest absolute Gasteiger partial charge is 0.328 e. The standard InChI is InChI=1S/C19H16N4O3S/c24-16(22-18-20-14-8-3-4-9-15(14)27-18)10-5-11-23-17(25)12-6-1-2-7-13(12)21-19(23)26/h1-4,6-9H,5,10-11H2,(H,21,26)(H,20,22,24). The molecule has 0 bridgehead atoms. The number of carbonyl (C=O) groups is 1. The number of thiazole rings is 1. The van der Waals surface area contributed by atoms with Crippen LogP contribution in [0.2, 0.25) is 0 Å². The van der Waals surface area contributed by atoms with E-state index in [9.17, 15) is 14.4 Å². The molecule has 0 aliphatic rings. The Morgan fingerprint density at radius 1 is 1.11 bits per heavy atom. The van der Waals surface area contributed by atoms with Crippen LogP contribution in [0, 0.1) is 0 Å². The van der Waals surface area contributed by atoms with Crippen LogP contribution in [0.15, 0.2) is 58.1 Å². The monoisotopic (exact) mass is 380 g/mol. The second kappa shape index (κ2) is 7.16. The van der Waals surface area contributed by atoms with Crippen molar-refractivity contribution < 1.29 is 4.79 Å². The summed E-state index contributed by atoms with van der Waals surface area (Å²) in [5, 5.41) is 3.77. The van der Waals surface area contributed by atoms with Crippen LogP contribution in [0.25, 0.3) is 21.1 Å². The zero-order valence-corrected chi connectivity index (χ0v) is 15.1. The van der Waals surface area contributed by atoms with Gasteiger partial charge in [-0.05, 0) is 30.7 Å². The van der Waals surface area contributed by atoms with Gasteiger partial charge in [0.1, 0.15) is 0 Å². The molecule has 0 atom stereocenters. The van der Waals surface area contributed by atoms with E-state index in [0.717, 1.165) is 14.8 Å². The van der Waals surface area contributed by atoms with Crippen LogP contribution < -0.4 is 16.6 Å². The molecule has 27 heavy (non-hydrogen) atoms. The van der Waals surface area contributed by atoms with Crippen LogP contribution in [-0.4, -0.2) is 20.4 Å². The van der Waals surface area contributed by atoms with Gasteiger partial charge in [0.15, 0.2) is 5.13 Å². The Hall–Kier alpha value is -3.26. The maximum absolute atomic E-state index is 12.4. The highest BCUT2D eigenvalue weighted by Crippen LogP contribution is 2.25. The molecule has 0 saturated carbocycles. The maximum atomic E-state index is 12.4. The molecule has 0 aliphatic heterocycles. The lowest BCUT2D eigenvalue weighted by Gasteiger charge is -2.06. The summed E-state index contributed by atoms with van der Waals surface area (Å²) in [6, 6.07) is 14.5. The number of carbonyl (C=O) groups excluding carboxylic acids is 1. The number of fused-ring (bicyclic) bond motifs is 2. The van der Waals surface area contributed by atoms with Crippen molar-refractivity contribution in [2.45, 2.75) is 19.4 Å². The van der Waals surface area contributed by atoms with Crippen LogP contribution in [0.5, 0.6) is 0 Å². The zero-order valence-electron chi connectivity index (χ0n) is 14.3. The third kappa shape index (κ3) is 3.52. The zero-order chi connectivity index (χ0) is 18.8. The predicted molar refractivity (Wildman–Crippen MR) is 106 cm³/mol. The van der Waals surface area contributed by atoms with Crippen LogP contribution >= 0.6 is 11.3 Å². The first kappa shape index (κ1) is 17.2. The second-order valence-corrected chi connectivity index (χ2v) is 7.10. The van der Waals surface area contributed by atoms with Gasteiger partial charge in [0.25, 0.3) is 5.56 Å². The average Bonchev–Trinajstić information content (AvgIpc) is 3.06. The Morgan fingerprint density at radius 3 is 2.74 bits per heavy atom. The number of hydrogen-bond donors (Lipinski definition) is 2.